The summed E-state index contributed by atoms with van der Waals surface area (Å²) in [6, 6.07) is 1.92. The molecular weight excluding hydrogens is 310 g/mol. The highest BCUT2D eigenvalue weighted by Gasteiger charge is 2.27. The molecule has 0 amide bonds. The smallest absolute Gasteiger partial charge is 0.312 e. The van der Waals surface area contributed by atoms with Crippen molar-refractivity contribution in [2.45, 2.75) is 45.1 Å². The number of hydrogen-bond donors (Lipinski definition) is 0. The average molecular weight is 328 g/mol. The minimum Gasteiger partial charge on any atom is -0.348 e. The molecule has 1 heterocycles. The molecule has 0 radical (unpaired) electrons. The van der Waals surface area contributed by atoms with Crippen molar-refractivity contribution in [1.82, 2.24) is 4.98 Å². The van der Waals surface area contributed by atoms with Crippen LogP contribution in [0, 0.1) is 10.1 Å². The van der Waals surface area contributed by atoms with Crippen LogP contribution in [0.5, 0.6) is 0 Å². The summed E-state index contributed by atoms with van der Waals surface area (Å²) >= 11 is 3.25. The molecule has 0 bridgehead atoms. The second-order valence-corrected chi connectivity index (χ2v) is 5.75. The van der Waals surface area contributed by atoms with Crippen molar-refractivity contribution in [3.8, 4) is 0 Å². The van der Waals surface area contributed by atoms with Crippen LogP contribution in [0.1, 0.15) is 39.0 Å². The molecule has 104 valence electrons. The van der Waals surface area contributed by atoms with Crippen LogP contribution in [0.3, 0.4) is 0 Å². The van der Waals surface area contributed by atoms with Crippen LogP contribution >= 0.6 is 15.9 Å². The van der Waals surface area contributed by atoms with Crippen LogP contribution in [0.15, 0.2) is 16.7 Å². The summed E-state index contributed by atoms with van der Waals surface area (Å²) < 4.78 is 0.641. The van der Waals surface area contributed by atoms with E-state index in [1.165, 1.54) is 25.3 Å². The fourth-order valence-corrected chi connectivity index (χ4v) is 3.07. The van der Waals surface area contributed by atoms with E-state index in [2.05, 4.69) is 25.8 Å². The number of rotatable bonds is 4. The topological polar surface area (TPSA) is 59.3 Å². The largest absolute Gasteiger partial charge is 0.348 e. The van der Waals surface area contributed by atoms with Crippen molar-refractivity contribution in [2.75, 3.05) is 11.4 Å². The predicted octanol–water partition coefficient (Wildman–Crippen LogP) is 3.91. The standard InChI is InChI=1S/C13H18BrN3O2/c1-2-16(11-6-4-3-5-7-11)13-12(17(18)19)8-10(14)9-15-13/h8-9,11H,2-7H2,1H3. The molecule has 0 unspecified atom stereocenters. The van der Waals surface area contributed by atoms with Crippen molar-refractivity contribution < 1.29 is 4.92 Å². The Balaban J connectivity index is 2.34. The molecule has 1 aliphatic rings. The first-order valence-corrected chi connectivity index (χ1v) is 7.49. The van der Waals surface area contributed by atoms with Gasteiger partial charge in [-0.15, -0.1) is 0 Å². The number of nitro groups is 1. The van der Waals surface area contributed by atoms with Crippen molar-refractivity contribution in [3.63, 3.8) is 0 Å². The van der Waals surface area contributed by atoms with Crippen LogP contribution in [0.2, 0.25) is 0 Å². The van der Waals surface area contributed by atoms with Crippen molar-refractivity contribution in [2.24, 2.45) is 0 Å². The molecule has 5 nitrogen and oxygen atoms in total. The summed E-state index contributed by atoms with van der Waals surface area (Å²) in [7, 11) is 0. The summed E-state index contributed by atoms with van der Waals surface area (Å²) in [5.74, 6) is 0.502. The maximum absolute atomic E-state index is 11.2. The minimum atomic E-state index is -0.349. The first kappa shape index (κ1) is 14.2. The van der Waals surface area contributed by atoms with Crippen molar-refractivity contribution in [3.05, 3.63) is 26.9 Å². The Morgan fingerprint density at radius 1 is 1.47 bits per heavy atom. The number of aromatic nitrogens is 1. The Bertz CT molecular complexity index is 461. The predicted molar refractivity (Wildman–Crippen MR) is 78.5 cm³/mol. The summed E-state index contributed by atoms with van der Waals surface area (Å²) in [4.78, 5) is 17.2. The molecule has 0 N–H and O–H groups in total. The van der Waals surface area contributed by atoms with Gasteiger partial charge in [0.25, 0.3) is 0 Å². The Labute approximate surface area is 121 Å². The third-order valence-corrected chi connectivity index (χ3v) is 4.07. The van der Waals surface area contributed by atoms with Gasteiger partial charge in [-0.05, 0) is 35.7 Å². The molecule has 0 atom stereocenters. The zero-order valence-corrected chi connectivity index (χ0v) is 12.6. The molecule has 2 rings (SSSR count). The summed E-state index contributed by atoms with van der Waals surface area (Å²) in [6.07, 6.45) is 7.50. The van der Waals surface area contributed by atoms with Gasteiger partial charge in [0.15, 0.2) is 0 Å². The van der Waals surface area contributed by atoms with Gasteiger partial charge < -0.3 is 4.90 Å². The SMILES string of the molecule is CCN(c1ncc(Br)cc1[N+](=O)[O-])C1CCCCC1. The zero-order valence-electron chi connectivity index (χ0n) is 11.0. The van der Waals surface area contributed by atoms with E-state index in [4.69, 9.17) is 0 Å². The number of pyridine rings is 1. The highest BCUT2D eigenvalue weighted by atomic mass is 79.9. The Kier molecular flexibility index (Phi) is 4.74. The molecule has 0 saturated heterocycles. The molecule has 0 aromatic carbocycles. The average Bonchev–Trinajstić information content (AvgIpc) is 2.42. The first-order valence-electron chi connectivity index (χ1n) is 6.70. The lowest BCUT2D eigenvalue weighted by Crippen LogP contribution is -2.37. The van der Waals surface area contributed by atoms with Crippen molar-refractivity contribution >= 4 is 27.4 Å². The molecule has 1 fully saturated rings. The van der Waals surface area contributed by atoms with E-state index < -0.39 is 0 Å². The summed E-state index contributed by atoms with van der Waals surface area (Å²) in [6.45, 7) is 2.78. The quantitative estimate of drug-likeness (QED) is 0.621. The number of anilines is 1. The van der Waals surface area contributed by atoms with Gasteiger partial charge in [0.05, 0.1) is 4.92 Å². The van der Waals surface area contributed by atoms with E-state index in [0.717, 1.165) is 19.4 Å². The van der Waals surface area contributed by atoms with E-state index in [1.54, 1.807) is 6.20 Å². The monoisotopic (exact) mass is 327 g/mol. The van der Waals surface area contributed by atoms with Gasteiger partial charge in [0.2, 0.25) is 5.82 Å². The lowest BCUT2D eigenvalue weighted by molar-refractivity contribution is -0.384. The van der Waals surface area contributed by atoms with Crippen LogP contribution in [-0.4, -0.2) is 22.5 Å². The molecular formula is C13H18BrN3O2. The van der Waals surface area contributed by atoms with Crippen molar-refractivity contribution in [1.29, 1.82) is 0 Å². The molecule has 1 aromatic rings. The number of halogens is 1. The minimum absolute atomic E-state index is 0.0850. The van der Waals surface area contributed by atoms with Gasteiger partial charge in [-0.3, -0.25) is 10.1 Å². The molecule has 1 aliphatic carbocycles. The van der Waals surface area contributed by atoms with Crippen LogP contribution < -0.4 is 4.90 Å². The second-order valence-electron chi connectivity index (χ2n) is 4.83. The highest BCUT2D eigenvalue weighted by molar-refractivity contribution is 9.10. The van der Waals surface area contributed by atoms with E-state index >= 15 is 0 Å². The third-order valence-electron chi connectivity index (χ3n) is 3.64. The maximum atomic E-state index is 11.2. The Hall–Kier alpha value is -1.17. The van der Waals surface area contributed by atoms with Gasteiger partial charge in [0, 0.05) is 29.3 Å². The second kappa shape index (κ2) is 6.32. The zero-order chi connectivity index (χ0) is 13.8. The lowest BCUT2D eigenvalue weighted by Gasteiger charge is -2.34. The van der Waals surface area contributed by atoms with E-state index in [1.807, 2.05) is 6.92 Å². The van der Waals surface area contributed by atoms with E-state index in [-0.39, 0.29) is 10.6 Å². The van der Waals surface area contributed by atoms with Crippen LogP contribution in [-0.2, 0) is 0 Å². The van der Waals surface area contributed by atoms with Gasteiger partial charge in [-0.25, -0.2) is 4.98 Å². The number of nitrogens with zero attached hydrogens (tertiary/aromatic N) is 3. The van der Waals surface area contributed by atoms with E-state index in [9.17, 15) is 10.1 Å². The summed E-state index contributed by atoms with van der Waals surface area (Å²) in [5.41, 5.74) is 0.0850. The van der Waals surface area contributed by atoms with Gasteiger partial charge in [-0.1, -0.05) is 19.3 Å². The normalized spacial score (nSPS) is 16.3. The Morgan fingerprint density at radius 3 is 2.74 bits per heavy atom. The molecule has 19 heavy (non-hydrogen) atoms. The van der Waals surface area contributed by atoms with Gasteiger partial charge in [-0.2, -0.15) is 0 Å². The number of hydrogen-bond acceptors (Lipinski definition) is 4. The molecule has 1 aromatic heterocycles. The molecule has 6 heteroatoms. The molecule has 0 spiro atoms. The van der Waals surface area contributed by atoms with E-state index in [0.29, 0.717) is 16.3 Å². The molecule has 0 aliphatic heterocycles. The van der Waals surface area contributed by atoms with Crippen LogP contribution in [0.25, 0.3) is 0 Å². The van der Waals surface area contributed by atoms with Gasteiger partial charge in [0.1, 0.15) is 0 Å². The first-order chi connectivity index (χ1) is 9.13. The fourth-order valence-electron chi connectivity index (χ4n) is 2.75. The maximum Gasteiger partial charge on any atom is 0.312 e. The lowest BCUT2D eigenvalue weighted by atomic mass is 9.94. The fraction of sp³-hybridized carbons (Fsp3) is 0.615. The van der Waals surface area contributed by atoms with Gasteiger partial charge >= 0.3 is 5.69 Å². The van der Waals surface area contributed by atoms with Crippen LogP contribution in [0.4, 0.5) is 11.5 Å². The highest BCUT2D eigenvalue weighted by Crippen LogP contribution is 2.33. The third kappa shape index (κ3) is 3.23. The Morgan fingerprint density at radius 2 is 2.16 bits per heavy atom. The summed E-state index contributed by atoms with van der Waals surface area (Å²) in [5, 5.41) is 11.2. The molecule has 1 saturated carbocycles.